The number of pyridine rings is 1. The summed E-state index contributed by atoms with van der Waals surface area (Å²) < 4.78 is 5.41. The molecule has 18 heavy (non-hydrogen) atoms. The van der Waals surface area contributed by atoms with Crippen molar-refractivity contribution in [2.45, 2.75) is 6.42 Å². The molecule has 4 heteroatoms. The van der Waals surface area contributed by atoms with Crippen molar-refractivity contribution in [3.05, 3.63) is 58.4 Å². The number of ketones is 1. The highest BCUT2D eigenvalue weighted by Gasteiger charge is 2.18. The SMILES string of the molecule is O=C(c1ccc2c(c1)CCO2)c1ncccc1Cl. The number of rotatable bonds is 2. The molecule has 3 rings (SSSR count). The lowest BCUT2D eigenvalue weighted by molar-refractivity contribution is 0.103. The molecule has 0 N–H and O–H groups in total. The van der Waals surface area contributed by atoms with Crippen molar-refractivity contribution in [2.24, 2.45) is 0 Å². The number of halogens is 1. The summed E-state index contributed by atoms with van der Waals surface area (Å²) in [5.74, 6) is 0.703. The van der Waals surface area contributed by atoms with Gasteiger partial charge >= 0.3 is 0 Å². The largest absolute Gasteiger partial charge is 0.493 e. The number of nitrogens with zero attached hydrogens (tertiary/aromatic N) is 1. The molecule has 1 aliphatic heterocycles. The fraction of sp³-hybridized carbons (Fsp3) is 0.143. The molecule has 90 valence electrons. The van der Waals surface area contributed by atoms with Crippen LogP contribution in [0.25, 0.3) is 0 Å². The Morgan fingerprint density at radius 3 is 3.06 bits per heavy atom. The molecular formula is C14H10ClNO2. The zero-order valence-electron chi connectivity index (χ0n) is 9.52. The topological polar surface area (TPSA) is 39.2 Å². The second-order valence-corrected chi connectivity index (χ2v) is 4.49. The van der Waals surface area contributed by atoms with Gasteiger partial charge in [-0.1, -0.05) is 11.6 Å². The summed E-state index contributed by atoms with van der Waals surface area (Å²) in [5, 5.41) is 0.374. The molecule has 2 heterocycles. The lowest BCUT2D eigenvalue weighted by atomic mass is 10.0. The fourth-order valence-electron chi connectivity index (χ4n) is 2.02. The quantitative estimate of drug-likeness (QED) is 0.779. The molecule has 2 aromatic rings. The lowest BCUT2D eigenvalue weighted by Gasteiger charge is -2.04. The number of carbonyl (C=O) groups is 1. The zero-order valence-corrected chi connectivity index (χ0v) is 10.3. The van der Waals surface area contributed by atoms with E-state index in [9.17, 15) is 4.79 Å². The van der Waals surface area contributed by atoms with Crippen LogP contribution in [-0.2, 0) is 6.42 Å². The molecular weight excluding hydrogens is 250 g/mol. The highest BCUT2D eigenvalue weighted by atomic mass is 35.5. The molecule has 0 aliphatic carbocycles. The zero-order chi connectivity index (χ0) is 12.5. The van der Waals surface area contributed by atoms with Crippen LogP contribution in [-0.4, -0.2) is 17.4 Å². The minimum absolute atomic E-state index is 0.157. The predicted octanol–water partition coefficient (Wildman–Crippen LogP) is 2.90. The van der Waals surface area contributed by atoms with Gasteiger partial charge < -0.3 is 4.74 Å². The number of hydrogen-bond donors (Lipinski definition) is 0. The third-order valence-electron chi connectivity index (χ3n) is 2.93. The van der Waals surface area contributed by atoms with E-state index in [0.717, 1.165) is 17.7 Å². The van der Waals surface area contributed by atoms with Crippen LogP contribution in [0.15, 0.2) is 36.5 Å². The average Bonchev–Trinajstić information content (AvgIpc) is 2.85. The number of fused-ring (bicyclic) bond motifs is 1. The van der Waals surface area contributed by atoms with Crippen LogP contribution >= 0.6 is 11.6 Å². The molecule has 0 bridgehead atoms. The molecule has 0 saturated carbocycles. The van der Waals surface area contributed by atoms with Crippen LogP contribution in [0.5, 0.6) is 5.75 Å². The summed E-state index contributed by atoms with van der Waals surface area (Å²) >= 11 is 5.98. The highest BCUT2D eigenvalue weighted by molar-refractivity contribution is 6.34. The number of hydrogen-bond acceptors (Lipinski definition) is 3. The Hall–Kier alpha value is -1.87. The number of benzene rings is 1. The number of carbonyl (C=O) groups excluding carboxylic acids is 1. The van der Waals surface area contributed by atoms with Gasteiger partial charge in [0.05, 0.1) is 11.6 Å². The first kappa shape index (κ1) is 11.2. The maximum absolute atomic E-state index is 12.3. The molecule has 0 unspecified atom stereocenters. The molecule has 0 radical (unpaired) electrons. The molecule has 1 aliphatic rings. The van der Waals surface area contributed by atoms with Crippen LogP contribution in [0, 0.1) is 0 Å². The fourth-order valence-corrected chi connectivity index (χ4v) is 2.22. The van der Waals surface area contributed by atoms with E-state index in [4.69, 9.17) is 16.3 Å². The van der Waals surface area contributed by atoms with Gasteiger partial charge in [-0.2, -0.15) is 0 Å². The molecule has 0 saturated heterocycles. The van der Waals surface area contributed by atoms with Gasteiger partial charge in [0.25, 0.3) is 0 Å². The van der Waals surface area contributed by atoms with Crippen LogP contribution < -0.4 is 4.74 Å². The second-order valence-electron chi connectivity index (χ2n) is 4.08. The summed E-state index contributed by atoms with van der Waals surface area (Å²) in [6.07, 6.45) is 2.40. The van der Waals surface area contributed by atoms with Crippen LogP contribution in [0.4, 0.5) is 0 Å². The number of aromatic nitrogens is 1. The Balaban J connectivity index is 2.01. The Bertz CT molecular complexity index is 625. The normalized spacial score (nSPS) is 12.9. The van der Waals surface area contributed by atoms with E-state index in [2.05, 4.69) is 4.98 Å². The molecule has 0 fully saturated rings. The van der Waals surface area contributed by atoms with Crippen molar-refractivity contribution in [3.63, 3.8) is 0 Å². The Labute approximate surface area is 109 Å². The Kier molecular flexibility index (Phi) is 2.76. The van der Waals surface area contributed by atoms with Crippen molar-refractivity contribution in [2.75, 3.05) is 6.61 Å². The van der Waals surface area contributed by atoms with Gasteiger partial charge in [0.2, 0.25) is 5.78 Å². The van der Waals surface area contributed by atoms with Crippen molar-refractivity contribution in [1.29, 1.82) is 0 Å². The average molecular weight is 260 g/mol. The highest BCUT2D eigenvalue weighted by Crippen LogP contribution is 2.27. The predicted molar refractivity (Wildman–Crippen MR) is 68.3 cm³/mol. The van der Waals surface area contributed by atoms with Gasteiger partial charge in [0.15, 0.2) is 0 Å². The maximum atomic E-state index is 12.3. The van der Waals surface area contributed by atoms with Gasteiger partial charge in [0, 0.05) is 18.2 Å². The first-order valence-corrected chi connectivity index (χ1v) is 6.04. The smallest absolute Gasteiger partial charge is 0.212 e. The summed E-state index contributed by atoms with van der Waals surface area (Å²) in [6, 6.07) is 8.80. The van der Waals surface area contributed by atoms with Gasteiger partial charge in [-0.15, -0.1) is 0 Å². The molecule has 1 aromatic heterocycles. The molecule has 3 nitrogen and oxygen atoms in total. The Morgan fingerprint density at radius 2 is 2.22 bits per heavy atom. The van der Waals surface area contributed by atoms with Gasteiger partial charge in [-0.3, -0.25) is 9.78 Å². The molecule has 0 spiro atoms. The third kappa shape index (κ3) is 1.87. The minimum Gasteiger partial charge on any atom is -0.493 e. The summed E-state index contributed by atoms with van der Waals surface area (Å²) in [7, 11) is 0. The van der Waals surface area contributed by atoms with E-state index >= 15 is 0 Å². The van der Waals surface area contributed by atoms with E-state index in [1.165, 1.54) is 0 Å². The minimum atomic E-state index is -0.157. The molecule has 0 atom stereocenters. The summed E-state index contributed by atoms with van der Waals surface area (Å²) in [6.45, 7) is 0.678. The van der Waals surface area contributed by atoms with Crippen molar-refractivity contribution in [3.8, 4) is 5.75 Å². The van der Waals surface area contributed by atoms with Gasteiger partial charge in [-0.25, -0.2) is 0 Å². The first-order valence-electron chi connectivity index (χ1n) is 5.66. The van der Waals surface area contributed by atoms with E-state index in [1.54, 1.807) is 24.4 Å². The van der Waals surface area contributed by atoms with Crippen LogP contribution in [0.1, 0.15) is 21.6 Å². The third-order valence-corrected chi connectivity index (χ3v) is 3.23. The second kappa shape index (κ2) is 4.42. The summed E-state index contributed by atoms with van der Waals surface area (Å²) in [4.78, 5) is 16.3. The standard InChI is InChI=1S/C14H10ClNO2/c15-11-2-1-6-16-13(11)14(17)10-3-4-12-9(8-10)5-7-18-12/h1-4,6,8H,5,7H2. The monoisotopic (exact) mass is 259 g/mol. The van der Waals surface area contributed by atoms with Gasteiger partial charge in [-0.05, 0) is 35.9 Å². The molecule has 0 amide bonds. The van der Waals surface area contributed by atoms with Gasteiger partial charge in [0.1, 0.15) is 11.4 Å². The maximum Gasteiger partial charge on any atom is 0.212 e. The van der Waals surface area contributed by atoms with Crippen molar-refractivity contribution in [1.82, 2.24) is 4.98 Å². The summed E-state index contributed by atoms with van der Waals surface area (Å²) in [5.41, 5.74) is 1.95. The van der Waals surface area contributed by atoms with Crippen LogP contribution in [0.2, 0.25) is 5.02 Å². The van der Waals surface area contributed by atoms with Crippen LogP contribution in [0.3, 0.4) is 0 Å². The van der Waals surface area contributed by atoms with E-state index in [-0.39, 0.29) is 11.5 Å². The van der Waals surface area contributed by atoms with E-state index in [0.29, 0.717) is 17.2 Å². The van der Waals surface area contributed by atoms with E-state index in [1.807, 2.05) is 12.1 Å². The Morgan fingerprint density at radius 1 is 1.33 bits per heavy atom. The van der Waals surface area contributed by atoms with Crippen molar-refractivity contribution >= 4 is 17.4 Å². The molecule has 1 aromatic carbocycles. The number of ether oxygens (including phenoxy) is 1. The van der Waals surface area contributed by atoms with Crippen molar-refractivity contribution < 1.29 is 9.53 Å². The first-order chi connectivity index (χ1) is 8.75. The lowest BCUT2D eigenvalue weighted by Crippen LogP contribution is -2.05. The van der Waals surface area contributed by atoms with E-state index < -0.39 is 0 Å².